The van der Waals surface area contributed by atoms with Crippen molar-refractivity contribution in [3.63, 3.8) is 0 Å². The highest BCUT2D eigenvalue weighted by atomic mass is 16.5. The highest BCUT2D eigenvalue weighted by Crippen LogP contribution is 2.45. The number of likely N-dealkylation sites (tertiary alicyclic amines) is 1. The molecule has 1 unspecified atom stereocenters. The van der Waals surface area contributed by atoms with Crippen LogP contribution in [0.2, 0.25) is 0 Å². The van der Waals surface area contributed by atoms with Crippen LogP contribution >= 0.6 is 0 Å². The summed E-state index contributed by atoms with van der Waals surface area (Å²) >= 11 is 0. The van der Waals surface area contributed by atoms with E-state index in [0.717, 1.165) is 48.6 Å². The quantitative estimate of drug-likeness (QED) is 0.308. The normalized spacial score (nSPS) is 20.5. The second kappa shape index (κ2) is 9.01. The van der Waals surface area contributed by atoms with E-state index in [9.17, 15) is 14.7 Å². The molecule has 1 saturated heterocycles. The monoisotopic (exact) mass is 458 g/mol. The van der Waals surface area contributed by atoms with E-state index < -0.39 is 17.7 Å². The molecule has 2 heterocycles. The lowest BCUT2D eigenvalue weighted by atomic mass is 9.94. The smallest absolute Gasteiger partial charge is 0.295 e. The number of carbonyl (C=O) groups is 2. The topological polar surface area (TPSA) is 71.8 Å². The molecule has 176 valence electrons. The van der Waals surface area contributed by atoms with E-state index in [1.807, 2.05) is 55.1 Å². The van der Waals surface area contributed by atoms with Gasteiger partial charge in [-0.2, -0.15) is 0 Å². The summed E-state index contributed by atoms with van der Waals surface area (Å²) in [7, 11) is 1.96. The second-order valence-corrected chi connectivity index (χ2v) is 9.23. The van der Waals surface area contributed by atoms with E-state index in [4.69, 9.17) is 4.74 Å². The van der Waals surface area contributed by atoms with Crippen LogP contribution in [0.4, 0.5) is 0 Å². The van der Waals surface area contributed by atoms with Gasteiger partial charge in [-0.05, 0) is 37.5 Å². The minimum Gasteiger partial charge on any atom is -0.507 e. The number of para-hydroxylation sites is 1. The van der Waals surface area contributed by atoms with Crippen LogP contribution in [-0.4, -0.2) is 38.9 Å². The Hall–Kier alpha value is -3.54. The summed E-state index contributed by atoms with van der Waals surface area (Å²) in [5, 5.41) is 12.4. The first kappa shape index (κ1) is 22.3. The summed E-state index contributed by atoms with van der Waals surface area (Å²) in [6.45, 7) is 2.59. The fourth-order valence-corrected chi connectivity index (χ4v) is 5.41. The van der Waals surface area contributed by atoms with Crippen molar-refractivity contribution in [2.75, 3.05) is 6.61 Å². The molecule has 2 aromatic carbocycles. The number of benzene rings is 2. The van der Waals surface area contributed by atoms with Crippen LogP contribution in [0.1, 0.15) is 56.2 Å². The number of carbonyl (C=O) groups excluding carboxylic acids is 2. The lowest BCUT2D eigenvalue weighted by Crippen LogP contribution is -2.37. The van der Waals surface area contributed by atoms with E-state index in [2.05, 4.69) is 0 Å². The van der Waals surface area contributed by atoms with Gasteiger partial charge in [-0.15, -0.1) is 0 Å². The van der Waals surface area contributed by atoms with Crippen molar-refractivity contribution in [3.8, 4) is 5.75 Å². The molecule has 1 atom stereocenters. The van der Waals surface area contributed by atoms with Gasteiger partial charge in [0.05, 0.1) is 18.2 Å². The van der Waals surface area contributed by atoms with Gasteiger partial charge in [-0.25, -0.2) is 0 Å². The molecule has 0 radical (unpaired) electrons. The van der Waals surface area contributed by atoms with Crippen molar-refractivity contribution in [2.24, 2.45) is 7.05 Å². The average Bonchev–Trinajstić information content (AvgIpc) is 3.56. The molecule has 34 heavy (non-hydrogen) atoms. The summed E-state index contributed by atoms with van der Waals surface area (Å²) in [6, 6.07) is 14.4. The molecule has 2 aliphatic rings. The molecule has 1 aromatic heterocycles. The molecule has 1 aliphatic heterocycles. The van der Waals surface area contributed by atoms with Crippen LogP contribution in [0.15, 0.2) is 60.3 Å². The van der Waals surface area contributed by atoms with Gasteiger partial charge in [0.2, 0.25) is 0 Å². The second-order valence-electron chi connectivity index (χ2n) is 9.23. The zero-order valence-corrected chi connectivity index (χ0v) is 19.7. The van der Waals surface area contributed by atoms with Crippen LogP contribution in [0.3, 0.4) is 0 Å². The standard InChI is InChI=1S/C28H30N2O4/c1-3-15-34-20-12-8-9-18(16-20)26(31)24-25(22-17-29(2)23-14-7-6-13-21(22)23)30(28(33)27(24)32)19-10-4-5-11-19/h6-9,12-14,16-17,19,25,31H,3-5,10-11,15H2,1-2H3/b26-24+. The minimum absolute atomic E-state index is 0.00931. The SMILES string of the molecule is CCCOc1cccc(/C(O)=C2\C(=O)C(=O)N(C3CCCC3)C2c2cn(C)c3ccccc23)c1. The number of ketones is 1. The number of nitrogens with zero attached hydrogens (tertiary/aromatic N) is 2. The van der Waals surface area contributed by atoms with Crippen molar-refractivity contribution in [1.29, 1.82) is 0 Å². The van der Waals surface area contributed by atoms with E-state index >= 15 is 0 Å². The third kappa shape index (κ3) is 3.67. The molecule has 1 aliphatic carbocycles. The van der Waals surface area contributed by atoms with Gasteiger partial charge in [0.1, 0.15) is 11.5 Å². The first-order chi connectivity index (χ1) is 16.5. The third-order valence-corrected chi connectivity index (χ3v) is 7.00. The molecule has 5 rings (SSSR count). The van der Waals surface area contributed by atoms with E-state index in [1.165, 1.54) is 0 Å². The number of hydrogen-bond acceptors (Lipinski definition) is 4. The number of hydrogen-bond donors (Lipinski definition) is 1. The Kier molecular flexibility index (Phi) is 5.90. The molecular weight excluding hydrogens is 428 g/mol. The molecule has 1 saturated carbocycles. The van der Waals surface area contributed by atoms with Gasteiger partial charge in [-0.1, -0.05) is 50.1 Å². The Bertz CT molecular complexity index is 1280. The minimum atomic E-state index is -0.630. The molecule has 6 nitrogen and oxygen atoms in total. The lowest BCUT2D eigenvalue weighted by molar-refractivity contribution is -0.141. The van der Waals surface area contributed by atoms with Gasteiger partial charge in [-0.3, -0.25) is 9.59 Å². The van der Waals surface area contributed by atoms with Gasteiger partial charge < -0.3 is 19.3 Å². The van der Waals surface area contributed by atoms with Gasteiger partial charge >= 0.3 is 0 Å². The number of amides is 1. The summed E-state index contributed by atoms with van der Waals surface area (Å²) in [5.41, 5.74) is 2.51. The molecule has 3 aromatic rings. The Labute approximate surface area is 199 Å². The van der Waals surface area contributed by atoms with Crippen molar-refractivity contribution in [1.82, 2.24) is 9.47 Å². The highest BCUT2D eigenvalue weighted by Gasteiger charge is 2.50. The Morgan fingerprint density at radius 2 is 1.85 bits per heavy atom. The average molecular weight is 459 g/mol. The van der Waals surface area contributed by atoms with Crippen molar-refractivity contribution < 1.29 is 19.4 Å². The molecule has 1 amide bonds. The zero-order valence-electron chi connectivity index (χ0n) is 19.7. The lowest BCUT2D eigenvalue weighted by Gasteiger charge is -2.30. The predicted octanol–water partition coefficient (Wildman–Crippen LogP) is 5.33. The van der Waals surface area contributed by atoms with Gasteiger partial charge in [0, 0.05) is 41.3 Å². The Morgan fingerprint density at radius 3 is 2.62 bits per heavy atom. The van der Waals surface area contributed by atoms with Crippen LogP contribution < -0.4 is 4.74 Å². The number of fused-ring (bicyclic) bond motifs is 1. The zero-order chi connectivity index (χ0) is 23.8. The van der Waals surface area contributed by atoms with Crippen LogP contribution in [-0.2, 0) is 16.6 Å². The van der Waals surface area contributed by atoms with E-state index in [1.54, 1.807) is 23.1 Å². The van der Waals surface area contributed by atoms with Crippen LogP contribution in [0, 0.1) is 0 Å². The van der Waals surface area contributed by atoms with Crippen LogP contribution in [0.5, 0.6) is 5.75 Å². The highest BCUT2D eigenvalue weighted by molar-refractivity contribution is 6.46. The molecule has 6 heteroatoms. The maximum atomic E-state index is 13.4. The molecular formula is C28H30N2O4. The number of ether oxygens (including phenoxy) is 1. The molecule has 1 N–H and O–H groups in total. The van der Waals surface area contributed by atoms with Crippen molar-refractivity contribution in [3.05, 3.63) is 71.4 Å². The number of aliphatic hydroxyl groups excluding tert-OH is 1. The Balaban J connectivity index is 1.69. The van der Waals surface area contributed by atoms with Crippen LogP contribution in [0.25, 0.3) is 16.7 Å². The summed E-state index contributed by atoms with van der Waals surface area (Å²) in [6.07, 6.45) is 6.66. The number of aromatic nitrogens is 1. The predicted molar refractivity (Wildman–Crippen MR) is 132 cm³/mol. The maximum absolute atomic E-state index is 13.4. The molecule has 2 fully saturated rings. The van der Waals surface area contributed by atoms with Gasteiger partial charge in [0.15, 0.2) is 0 Å². The van der Waals surface area contributed by atoms with E-state index in [0.29, 0.717) is 17.9 Å². The number of Topliss-reactive ketones (excluding diaryl/α,β-unsaturated/α-hetero) is 1. The van der Waals surface area contributed by atoms with Crippen molar-refractivity contribution in [2.45, 2.75) is 51.1 Å². The summed E-state index contributed by atoms with van der Waals surface area (Å²) in [4.78, 5) is 28.5. The largest absolute Gasteiger partial charge is 0.507 e. The van der Waals surface area contributed by atoms with Gasteiger partial charge in [0.25, 0.3) is 11.7 Å². The van der Waals surface area contributed by atoms with E-state index in [-0.39, 0.29) is 17.4 Å². The Morgan fingerprint density at radius 1 is 1.09 bits per heavy atom. The number of aliphatic hydroxyl groups is 1. The number of aryl methyl sites for hydroxylation is 1. The molecule has 0 bridgehead atoms. The number of rotatable bonds is 6. The molecule has 0 spiro atoms. The first-order valence-corrected chi connectivity index (χ1v) is 12.1. The first-order valence-electron chi connectivity index (χ1n) is 12.1. The fourth-order valence-electron chi connectivity index (χ4n) is 5.41. The maximum Gasteiger partial charge on any atom is 0.295 e. The summed E-state index contributed by atoms with van der Waals surface area (Å²) in [5.74, 6) is -0.677. The fraction of sp³-hybridized carbons (Fsp3) is 0.357. The van der Waals surface area contributed by atoms with Crippen molar-refractivity contribution >= 4 is 28.4 Å². The third-order valence-electron chi connectivity index (χ3n) is 7.00. The summed E-state index contributed by atoms with van der Waals surface area (Å²) < 4.78 is 7.74.